The Bertz CT molecular complexity index is 517. The van der Waals surface area contributed by atoms with Gasteiger partial charge in [0.25, 0.3) is 0 Å². The number of halogens is 2. The summed E-state index contributed by atoms with van der Waals surface area (Å²) in [5, 5.41) is 0. The Kier molecular flexibility index (Phi) is 3.59. The highest BCUT2D eigenvalue weighted by atomic mass is 19.2. The third kappa shape index (κ3) is 2.49. The van der Waals surface area contributed by atoms with Crippen molar-refractivity contribution in [3.05, 3.63) is 35.4 Å². The van der Waals surface area contributed by atoms with Crippen LogP contribution < -0.4 is 0 Å². The predicted molar refractivity (Wildman–Crippen MR) is 72.4 cm³/mol. The van der Waals surface area contributed by atoms with Crippen LogP contribution in [0.3, 0.4) is 0 Å². The molecule has 0 N–H and O–H groups in total. The van der Waals surface area contributed by atoms with Gasteiger partial charge in [0, 0.05) is 24.4 Å². The lowest BCUT2D eigenvalue weighted by atomic mass is 9.85. The fourth-order valence-electron chi connectivity index (χ4n) is 3.67. The normalized spacial score (nSPS) is 29.6. The van der Waals surface area contributed by atoms with Crippen LogP contribution in [-0.4, -0.2) is 29.8 Å². The van der Waals surface area contributed by atoms with E-state index in [9.17, 15) is 13.6 Å². The molecule has 1 aromatic rings. The summed E-state index contributed by atoms with van der Waals surface area (Å²) in [6.07, 6.45) is 4.39. The Hall–Kier alpha value is -1.29. The number of benzene rings is 1. The molecule has 108 valence electrons. The first-order chi connectivity index (χ1) is 9.54. The zero-order valence-corrected chi connectivity index (χ0v) is 11.6. The average molecular weight is 279 g/mol. The molecule has 4 heteroatoms. The maximum absolute atomic E-state index is 13.2. The lowest BCUT2D eigenvalue weighted by Gasteiger charge is -2.35. The first kappa shape index (κ1) is 13.7. The van der Waals surface area contributed by atoms with Gasteiger partial charge >= 0.3 is 0 Å². The molecule has 0 aliphatic carbocycles. The van der Waals surface area contributed by atoms with E-state index in [2.05, 4.69) is 11.9 Å². The number of nitrogens with zero attached hydrogens (tertiary/aromatic N) is 1. The first-order valence-electron chi connectivity index (χ1n) is 7.23. The highest BCUT2D eigenvalue weighted by molar-refractivity contribution is 5.83. The molecule has 1 aromatic carbocycles. The number of Topliss-reactive ketones (excluding diaryl/α,β-unsaturated/α-hetero) is 1. The van der Waals surface area contributed by atoms with Gasteiger partial charge in [0.15, 0.2) is 11.6 Å². The largest absolute Gasteiger partial charge is 0.300 e. The number of ketones is 1. The summed E-state index contributed by atoms with van der Waals surface area (Å²) in [7, 11) is 2.14. The summed E-state index contributed by atoms with van der Waals surface area (Å²) in [5.41, 5.74) is 0.570. The first-order valence-corrected chi connectivity index (χ1v) is 7.23. The summed E-state index contributed by atoms with van der Waals surface area (Å²) in [5.74, 6) is -1.49. The van der Waals surface area contributed by atoms with Gasteiger partial charge in [-0.25, -0.2) is 8.78 Å². The van der Waals surface area contributed by atoms with Gasteiger partial charge in [-0.15, -0.1) is 0 Å². The maximum Gasteiger partial charge on any atom is 0.159 e. The lowest BCUT2D eigenvalue weighted by Crippen LogP contribution is -2.42. The Balaban J connectivity index is 1.66. The molecule has 2 unspecified atom stereocenters. The van der Waals surface area contributed by atoms with Gasteiger partial charge in [-0.05, 0) is 50.4 Å². The summed E-state index contributed by atoms with van der Waals surface area (Å²) in [6.45, 7) is 0. The Morgan fingerprint density at radius 3 is 2.45 bits per heavy atom. The maximum atomic E-state index is 13.2. The van der Waals surface area contributed by atoms with Crippen LogP contribution in [0.5, 0.6) is 0 Å². The highest BCUT2D eigenvalue weighted by Crippen LogP contribution is 2.38. The van der Waals surface area contributed by atoms with Crippen LogP contribution in [0, 0.1) is 17.6 Å². The van der Waals surface area contributed by atoms with Crippen LogP contribution >= 0.6 is 0 Å². The van der Waals surface area contributed by atoms with Gasteiger partial charge in [0.2, 0.25) is 0 Å². The van der Waals surface area contributed by atoms with E-state index in [1.165, 1.54) is 18.9 Å². The number of fused-ring (bicyclic) bond motifs is 2. The number of rotatable bonds is 3. The molecule has 2 aliphatic heterocycles. The van der Waals surface area contributed by atoms with Crippen molar-refractivity contribution in [1.29, 1.82) is 0 Å². The molecule has 0 amide bonds. The Labute approximate surface area is 117 Å². The van der Waals surface area contributed by atoms with Crippen LogP contribution in [0.2, 0.25) is 0 Å². The van der Waals surface area contributed by atoms with E-state index in [0.717, 1.165) is 25.0 Å². The second-order valence-electron chi connectivity index (χ2n) is 6.11. The number of piperidine rings is 1. The van der Waals surface area contributed by atoms with E-state index in [-0.39, 0.29) is 18.1 Å². The van der Waals surface area contributed by atoms with Crippen molar-refractivity contribution in [3.8, 4) is 0 Å². The molecule has 2 nitrogen and oxygen atoms in total. The Morgan fingerprint density at radius 2 is 1.85 bits per heavy atom. The minimum atomic E-state index is -0.876. The van der Waals surface area contributed by atoms with E-state index in [0.29, 0.717) is 17.6 Å². The van der Waals surface area contributed by atoms with Gasteiger partial charge < -0.3 is 4.90 Å². The number of carbonyl (C=O) groups excluding carboxylic acids is 1. The SMILES string of the molecule is CN1C2CCC1CC(C(=O)Cc1ccc(F)c(F)c1)C2. The fraction of sp³-hybridized carbons (Fsp3) is 0.562. The number of hydrogen-bond donors (Lipinski definition) is 0. The van der Waals surface area contributed by atoms with Crippen molar-refractivity contribution < 1.29 is 13.6 Å². The van der Waals surface area contributed by atoms with E-state index in [1.807, 2.05) is 0 Å². The van der Waals surface area contributed by atoms with Crippen LogP contribution in [0.15, 0.2) is 18.2 Å². The predicted octanol–water partition coefficient (Wildman–Crippen LogP) is 2.95. The van der Waals surface area contributed by atoms with Crippen molar-refractivity contribution in [3.63, 3.8) is 0 Å². The third-order valence-electron chi connectivity index (χ3n) is 4.92. The minimum Gasteiger partial charge on any atom is -0.300 e. The molecular formula is C16H19F2NO. The number of carbonyl (C=O) groups is 1. The van der Waals surface area contributed by atoms with Gasteiger partial charge in [-0.1, -0.05) is 6.07 Å². The van der Waals surface area contributed by atoms with E-state index in [1.54, 1.807) is 0 Å². The quantitative estimate of drug-likeness (QED) is 0.848. The molecule has 0 saturated carbocycles. The molecule has 0 aromatic heterocycles. The monoisotopic (exact) mass is 279 g/mol. The van der Waals surface area contributed by atoms with Crippen LogP contribution in [-0.2, 0) is 11.2 Å². The number of hydrogen-bond acceptors (Lipinski definition) is 2. The molecule has 2 saturated heterocycles. The summed E-state index contributed by atoms with van der Waals surface area (Å²) >= 11 is 0. The highest BCUT2D eigenvalue weighted by Gasteiger charge is 2.40. The van der Waals surface area contributed by atoms with Crippen LogP contribution in [0.1, 0.15) is 31.2 Å². The van der Waals surface area contributed by atoms with E-state index >= 15 is 0 Å². The minimum absolute atomic E-state index is 0.0804. The summed E-state index contributed by atoms with van der Waals surface area (Å²) in [4.78, 5) is 14.7. The van der Waals surface area contributed by atoms with E-state index in [4.69, 9.17) is 0 Å². The molecule has 2 atom stereocenters. The fourth-order valence-corrected chi connectivity index (χ4v) is 3.67. The molecule has 2 bridgehead atoms. The van der Waals surface area contributed by atoms with Gasteiger partial charge in [0.1, 0.15) is 5.78 Å². The topological polar surface area (TPSA) is 20.3 Å². The smallest absolute Gasteiger partial charge is 0.159 e. The summed E-state index contributed by atoms with van der Waals surface area (Å²) in [6, 6.07) is 4.77. The van der Waals surface area contributed by atoms with Gasteiger partial charge in [-0.2, -0.15) is 0 Å². The molecule has 2 fully saturated rings. The molecule has 2 aliphatic rings. The van der Waals surface area contributed by atoms with Gasteiger partial charge in [-0.3, -0.25) is 4.79 Å². The molecule has 2 heterocycles. The molecule has 3 rings (SSSR count). The van der Waals surface area contributed by atoms with Crippen molar-refractivity contribution in [2.75, 3.05) is 7.05 Å². The molecular weight excluding hydrogens is 260 g/mol. The third-order valence-corrected chi connectivity index (χ3v) is 4.92. The lowest BCUT2D eigenvalue weighted by molar-refractivity contribution is -0.124. The summed E-state index contributed by atoms with van der Waals surface area (Å²) < 4.78 is 26.0. The molecule has 0 spiro atoms. The van der Waals surface area contributed by atoms with Crippen molar-refractivity contribution >= 4 is 5.78 Å². The zero-order valence-electron chi connectivity index (χ0n) is 11.6. The second-order valence-corrected chi connectivity index (χ2v) is 6.11. The molecule has 0 radical (unpaired) electrons. The van der Waals surface area contributed by atoms with Gasteiger partial charge in [0.05, 0.1) is 0 Å². The Morgan fingerprint density at radius 1 is 1.20 bits per heavy atom. The van der Waals surface area contributed by atoms with Crippen molar-refractivity contribution in [2.45, 2.75) is 44.2 Å². The molecule has 20 heavy (non-hydrogen) atoms. The zero-order chi connectivity index (χ0) is 14.3. The van der Waals surface area contributed by atoms with E-state index < -0.39 is 11.6 Å². The average Bonchev–Trinajstić information content (AvgIpc) is 2.65. The van der Waals surface area contributed by atoms with Crippen LogP contribution in [0.25, 0.3) is 0 Å². The van der Waals surface area contributed by atoms with Crippen LogP contribution in [0.4, 0.5) is 8.78 Å². The standard InChI is InChI=1S/C16H19F2NO/c1-19-12-3-4-13(19)9-11(8-12)16(20)7-10-2-5-14(17)15(18)6-10/h2,5-6,11-13H,3-4,7-9H2,1H3. The van der Waals surface area contributed by atoms with Crippen molar-refractivity contribution in [2.24, 2.45) is 5.92 Å². The second kappa shape index (κ2) is 5.24. The van der Waals surface area contributed by atoms with Crippen molar-refractivity contribution in [1.82, 2.24) is 4.90 Å².